The van der Waals surface area contributed by atoms with Crippen molar-refractivity contribution in [3.05, 3.63) is 11.4 Å². The molecule has 2 unspecified atom stereocenters. The van der Waals surface area contributed by atoms with Gasteiger partial charge in [0.25, 0.3) is 0 Å². The lowest BCUT2D eigenvalue weighted by atomic mass is 9.85. The molecule has 1 aliphatic carbocycles. The SMILES string of the molecule is [C-]#[N+]C1CCCCC1CNC(=O)OC(C)(C)C. The van der Waals surface area contributed by atoms with E-state index in [1.807, 2.05) is 20.8 Å². The normalized spacial score (nSPS) is 24.8. The molecule has 96 valence electrons. The lowest BCUT2D eigenvalue weighted by Gasteiger charge is -2.25. The van der Waals surface area contributed by atoms with Crippen LogP contribution in [-0.2, 0) is 4.74 Å². The maximum absolute atomic E-state index is 11.5. The summed E-state index contributed by atoms with van der Waals surface area (Å²) in [7, 11) is 0. The first-order valence-corrected chi connectivity index (χ1v) is 6.26. The fourth-order valence-electron chi connectivity index (χ4n) is 2.12. The number of ether oxygens (including phenoxy) is 1. The molecular formula is C13H22N2O2. The molecule has 2 atom stereocenters. The summed E-state index contributed by atoms with van der Waals surface area (Å²) in [6.07, 6.45) is 3.90. The summed E-state index contributed by atoms with van der Waals surface area (Å²) < 4.78 is 5.17. The van der Waals surface area contributed by atoms with Gasteiger partial charge in [0.2, 0.25) is 6.04 Å². The van der Waals surface area contributed by atoms with E-state index in [2.05, 4.69) is 10.2 Å². The third kappa shape index (κ3) is 5.08. The molecule has 4 nitrogen and oxygen atoms in total. The average molecular weight is 238 g/mol. The highest BCUT2D eigenvalue weighted by Crippen LogP contribution is 2.26. The van der Waals surface area contributed by atoms with Crippen LogP contribution in [0, 0.1) is 12.5 Å². The van der Waals surface area contributed by atoms with E-state index in [-0.39, 0.29) is 18.1 Å². The third-order valence-corrected chi connectivity index (χ3v) is 2.94. The molecule has 1 amide bonds. The Balaban J connectivity index is 2.34. The van der Waals surface area contributed by atoms with Crippen molar-refractivity contribution < 1.29 is 9.53 Å². The number of hydrogen-bond acceptors (Lipinski definition) is 2. The summed E-state index contributed by atoms with van der Waals surface area (Å²) in [5.41, 5.74) is -0.462. The van der Waals surface area contributed by atoms with Crippen LogP contribution in [0.5, 0.6) is 0 Å². The van der Waals surface area contributed by atoms with Crippen LogP contribution < -0.4 is 5.32 Å². The first-order chi connectivity index (χ1) is 7.92. The molecule has 0 bridgehead atoms. The molecule has 0 aromatic carbocycles. The van der Waals surface area contributed by atoms with Gasteiger partial charge in [-0.15, -0.1) is 0 Å². The maximum Gasteiger partial charge on any atom is 0.407 e. The van der Waals surface area contributed by atoms with Crippen LogP contribution in [0.2, 0.25) is 0 Å². The molecule has 0 aromatic heterocycles. The Kier molecular flexibility index (Phi) is 4.80. The maximum atomic E-state index is 11.5. The molecule has 1 N–H and O–H groups in total. The van der Waals surface area contributed by atoms with Crippen molar-refractivity contribution in [2.24, 2.45) is 5.92 Å². The predicted octanol–water partition coefficient (Wildman–Crippen LogP) is 2.99. The molecule has 1 saturated carbocycles. The second-order valence-electron chi connectivity index (χ2n) is 5.62. The van der Waals surface area contributed by atoms with E-state index < -0.39 is 5.60 Å². The fourth-order valence-corrected chi connectivity index (χ4v) is 2.12. The first-order valence-electron chi connectivity index (χ1n) is 6.26. The van der Waals surface area contributed by atoms with E-state index in [4.69, 9.17) is 11.3 Å². The van der Waals surface area contributed by atoms with Crippen molar-refractivity contribution in [3.8, 4) is 0 Å². The number of nitrogens with one attached hydrogen (secondary N) is 1. The lowest BCUT2D eigenvalue weighted by molar-refractivity contribution is 0.0514. The Morgan fingerprint density at radius 2 is 2.06 bits per heavy atom. The van der Waals surface area contributed by atoms with Crippen LogP contribution in [0.1, 0.15) is 46.5 Å². The van der Waals surface area contributed by atoms with E-state index in [0.29, 0.717) is 6.54 Å². The minimum absolute atomic E-state index is 0.0682. The molecule has 1 fully saturated rings. The van der Waals surface area contributed by atoms with Crippen LogP contribution >= 0.6 is 0 Å². The van der Waals surface area contributed by atoms with Gasteiger partial charge in [0.15, 0.2) is 0 Å². The van der Waals surface area contributed by atoms with Gasteiger partial charge >= 0.3 is 6.09 Å². The van der Waals surface area contributed by atoms with Gasteiger partial charge in [0.1, 0.15) is 5.60 Å². The van der Waals surface area contributed by atoms with Gasteiger partial charge in [-0.25, -0.2) is 11.4 Å². The monoisotopic (exact) mass is 238 g/mol. The number of amides is 1. The standard InChI is InChI=1S/C13H22N2O2/c1-13(2,3)17-12(16)15-9-10-7-5-6-8-11(10)14-4/h10-11H,5-9H2,1-3H3,(H,15,16). The minimum Gasteiger partial charge on any atom is -0.444 e. The molecule has 17 heavy (non-hydrogen) atoms. The zero-order valence-electron chi connectivity index (χ0n) is 11.0. The third-order valence-electron chi connectivity index (χ3n) is 2.94. The quantitative estimate of drug-likeness (QED) is 0.751. The number of alkyl carbamates (subject to hydrolysis) is 1. The summed E-state index contributed by atoms with van der Waals surface area (Å²) in [6.45, 7) is 13.2. The number of hydrogen-bond donors (Lipinski definition) is 1. The summed E-state index contributed by atoms with van der Waals surface area (Å²) in [5.74, 6) is 0.286. The van der Waals surface area contributed by atoms with Crippen LogP contribution in [0.25, 0.3) is 4.85 Å². The zero-order valence-corrected chi connectivity index (χ0v) is 11.0. The largest absolute Gasteiger partial charge is 0.444 e. The second kappa shape index (κ2) is 5.90. The Morgan fingerprint density at radius 1 is 1.41 bits per heavy atom. The topological polar surface area (TPSA) is 42.7 Å². The lowest BCUT2D eigenvalue weighted by Crippen LogP contribution is -2.38. The molecule has 0 aromatic rings. The van der Waals surface area contributed by atoms with E-state index >= 15 is 0 Å². The van der Waals surface area contributed by atoms with Gasteiger partial charge in [-0.05, 0) is 33.6 Å². The molecular weight excluding hydrogens is 216 g/mol. The molecule has 0 radical (unpaired) electrons. The van der Waals surface area contributed by atoms with E-state index in [0.717, 1.165) is 25.7 Å². The van der Waals surface area contributed by atoms with Crippen molar-refractivity contribution >= 4 is 6.09 Å². The summed E-state index contributed by atoms with van der Waals surface area (Å²) in [6, 6.07) is 0.0682. The summed E-state index contributed by atoms with van der Waals surface area (Å²) in [5, 5.41) is 2.77. The minimum atomic E-state index is -0.462. The smallest absolute Gasteiger partial charge is 0.407 e. The van der Waals surface area contributed by atoms with E-state index in [1.54, 1.807) is 0 Å². The van der Waals surface area contributed by atoms with Crippen LogP contribution in [0.15, 0.2) is 0 Å². The van der Waals surface area contributed by atoms with E-state index in [1.165, 1.54) is 0 Å². The van der Waals surface area contributed by atoms with Crippen molar-refractivity contribution in [1.82, 2.24) is 5.32 Å². The van der Waals surface area contributed by atoms with Crippen LogP contribution in [0.4, 0.5) is 4.79 Å². The predicted molar refractivity (Wildman–Crippen MR) is 66.6 cm³/mol. The van der Waals surface area contributed by atoms with Gasteiger partial charge in [-0.3, -0.25) is 0 Å². The second-order valence-corrected chi connectivity index (χ2v) is 5.62. The van der Waals surface area contributed by atoms with Crippen molar-refractivity contribution in [2.45, 2.75) is 58.1 Å². The molecule has 0 saturated heterocycles. The Bertz CT molecular complexity index is 302. The van der Waals surface area contributed by atoms with Gasteiger partial charge in [-0.1, -0.05) is 6.42 Å². The number of carbonyl (C=O) groups excluding carboxylic acids is 1. The average Bonchev–Trinajstić information content (AvgIpc) is 2.24. The number of carbonyl (C=O) groups is 1. The highest BCUT2D eigenvalue weighted by Gasteiger charge is 2.30. The summed E-state index contributed by atoms with van der Waals surface area (Å²) >= 11 is 0. The van der Waals surface area contributed by atoms with Crippen molar-refractivity contribution in [2.75, 3.05) is 6.54 Å². The zero-order chi connectivity index (χ0) is 12.9. The highest BCUT2D eigenvalue weighted by molar-refractivity contribution is 5.67. The molecule has 0 heterocycles. The van der Waals surface area contributed by atoms with Crippen molar-refractivity contribution in [1.29, 1.82) is 0 Å². The van der Waals surface area contributed by atoms with Crippen molar-refractivity contribution in [3.63, 3.8) is 0 Å². The van der Waals surface area contributed by atoms with Gasteiger partial charge in [-0.2, -0.15) is 0 Å². The van der Waals surface area contributed by atoms with Crippen LogP contribution in [-0.4, -0.2) is 24.3 Å². The Labute approximate surface area is 104 Å². The number of rotatable bonds is 2. The molecule has 1 rings (SSSR count). The first kappa shape index (κ1) is 13.8. The fraction of sp³-hybridized carbons (Fsp3) is 0.846. The Morgan fingerprint density at radius 3 is 2.65 bits per heavy atom. The van der Waals surface area contributed by atoms with Gasteiger partial charge in [0, 0.05) is 13.0 Å². The van der Waals surface area contributed by atoms with Gasteiger partial charge in [0.05, 0.1) is 5.92 Å². The summed E-state index contributed by atoms with van der Waals surface area (Å²) in [4.78, 5) is 15.1. The number of nitrogens with zero attached hydrogens (tertiary/aromatic N) is 1. The van der Waals surface area contributed by atoms with Gasteiger partial charge < -0.3 is 14.9 Å². The molecule has 0 aliphatic heterocycles. The van der Waals surface area contributed by atoms with E-state index in [9.17, 15) is 4.79 Å². The highest BCUT2D eigenvalue weighted by atomic mass is 16.6. The molecule has 4 heteroatoms. The van der Waals surface area contributed by atoms with Crippen LogP contribution in [0.3, 0.4) is 0 Å². The Hall–Kier alpha value is -1.24. The molecule has 0 spiro atoms. The molecule has 1 aliphatic rings.